The molecule has 21 heavy (non-hydrogen) atoms. The number of hydrogen-bond acceptors (Lipinski definition) is 3. The second-order valence-electron chi connectivity index (χ2n) is 5.62. The van der Waals surface area contributed by atoms with Gasteiger partial charge in [0.05, 0.1) is 6.61 Å². The van der Waals surface area contributed by atoms with E-state index in [9.17, 15) is 4.79 Å². The van der Waals surface area contributed by atoms with Crippen LogP contribution >= 0.6 is 0 Å². The lowest BCUT2D eigenvalue weighted by Crippen LogP contribution is -2.19. The van der Waals surface area contributed by atoms with E-state index in [2.05, 4.69) is 31.3 Å². The molecule has 0 saturated carbocycles. The third kappa shape index (κ3) is 4.08. The normalized spacial score (nSPS) is 11.2. The van der Waals surface area contributed by atoms with Crippen molar-refractivity contribution in [2.75, 3.05) is 13.2 Å². The Balaban J connectivity index is 2.15. The molecule has 0 saturated heterocycles. The van der Waals surface area contributed by atoms with Gasteiger partial charge >= 0.3 is 5.97 Å². The Kier molecular flexibility index (Phi) is 5.39. The Bertz CT molecular complexity index is 602. The predicted octanol–water partition coefficient (Wildman–Crippen LogP) is 2.95. The summed E-state index contributed by atoms with van der Waals surface area (Å²) < 4.78 is 6.96. The predicted molar refractivity (Wildman–Crippen MR) is 85.1 cm³/mol. The fourth-order valence-corrected chi connectivity index (χ4v) is 2.42. The molecule has 0 aliphatic carbocycles. The number of fused-ring (bicyclic) bond motifs is 1. The fraction of sp³-hybridized carbons (Fsp3) is 0.471. The zero-order valence-corrected chi connectivity index (χ0v) is 13.1. The van der Waals surface area contributed by atoms with Gasteiger partial charge in [-0.25, -0.2) is 0 Å². The lowest BCUT2D eigenvalue weighted by molar-refractivity contribution is -0.143. The molecule has 2 rings (SSSR count). The van der Waals surface area contributed by atoms with E-state index in [0.29, 0.717) is 12.5 Å². The minimum atomic E-state index is -0.196. The fourth-order valence-electron chi connectivity index (χ4n) is 2.42. The van der Waals surface area contributed by atoms with Gasteiger partial charge < -0.3 is 14.6 Å². The Hall–Kier alpha value is -1.81. The molecule has 0 aliphatic heterocycles. The van der Waals surface area contributed by atoms with Crippen LogP contribution < -0.4 is 5.32 Å². The summed E-state index contributed by atoms with van der Waals surface area (Å²) in [4.78, 5) is 11.6. The highest BCUT2D eigenvalue weighted by Gasteiger charge is 2.09. The highest BCUT2D eigenvalue weighted by atomic mass is 16.5. The summed E-state index contributed by atoms with van der Waals surface area (Å²) in [5.74, 6) is 0.441. The van der Waals surface area contributed by atoms with Gasteiger partial charge in [-0.1, -0.05) is 26.0 Å². The van der Waals surface area contributed by atoms with Crippen molar-refractivity contribution in [2.24, 2.45) is 5.92 Å². The van der Waals surface area contributed by atoms with Crippen molar-refractivity contribution in [3.05, 3.63) is 36.0 Å². The molecule has 0 atom stereocenters. The number of carbonyl (C=O) groups excluding carboxylic acids is 1. The van der Waals surface area contributed by atoms with E-state index in [1.165, 1.54) is 10.9 Å². The number of nitrogens with one attached hydrogen (secondary N) is 1. The number of hydrogen-bond donors (Lipinski definition) is 1. The van der Waals surface area contributed by atoms with Crippen LogP contribution in [0.25, 0.3) is 10.9 Å². The monoisotopic (exact) mass is 288 g/mol. The molecule has 0 radical (unpaired) electrons. The lowest BCUT2D eigenvalue weighted by atomic mass is 10.1. The standard InChI is InChI=1S/C17H24N2O2/c1-4-21-17(20)12-19-9-8-15-14(6-5-7-16(15)19)11-18-10-13(2)3/h5-9,13,18H,4,10-12H2,1-3H3. The third-order valence-electron chi connectivity index (χ3n) is 3.38. The maximum atomic E-state index is 11.6. The zero-order chi connectivity index (χ0) is 15.2. The minimum Gasteiger partial charge on any atom is -0.465 e. The number of carbonyl (C=O) groups is 1. The van der Waals surface area contributed by atoms with Gasteiger partial charge in [0.25, 0.3) is 0 Å². The summed E-state index contributed by atoms with van der Waals surface area (Å²) in [6.07, 6.45) is 1.95. The molecular weight excluding hydrogens is 264 g/mol. The molecule has 1 aromatic carbocycles. The average molecular weight is 288 g/mol. The van der Waals surface area contributed by atoms with Crippen molar-refractivity contribution >= 4 is 16.9 Å². The van der Waals surface area contributed by atoms with E-state index in [0.717, 1.165) is 18.6 Å². The molecule has 0 fully saturated rings. The van der Waals surface area contributed by atoms with Crippen LogP contribution in [0.2, 0.25) is 0 Å². The quantitative estimate of drug-likeness (QED) is 0.797. The molecule has 0 unspecified atom stereocenters. The topological polar surface area (TPSA) is 43.3 Å². The van der Waals surface area contributed by atoms with Gasteiger partial charge in [0, 0.05) is 23.6 Å². The number of ether oxygens (including phenoxy) is 1. The smallest absolute Gasteiger partial charge is 0.325 e. The van der Waals surface area contributed by atoms with Gasteiger partial charge in [-0.2, -0.15) is 0 Å². The van der Waals surface area contributed by atoms with Crippen LogP contribution in [-0.4, -0.2) is 23.7 Å². The molecule has 4 nitrogen and oxygen atoms in total. The molecule has 114 valence electrons. The summed E-state index contributed by atoms with van der Waals surface area (Å²) >= 11 is 0. The van der Waals surface area contributed by atoms with Crippen LogP contribution in [0.5, 0.6) is 0 Å². The number of benzene rings is 1. The van der Waals surface area contributed by atoms with Crippen molar-refractivity contribution < 1.29 is 9.53 Å². The van der Waals surface area contributed by atoms with E-state index in [4.69, 9.17) is 4.74 Å². The van der Waals surface area contributed by atoms with Gasteiger partial charge in [0.1, 0.15) is 6.54 Å². The second kappa shape index (κ2) is 7.27. The highest BCUT2D eigenvalue weighted by molar-refractivity contribution is 5.85. The van der Waals surface area contributed by atoms with Gasteiger partial charge in [-0.15, -0.1) is 0 Å². The van der Waals surface area contributed by atoms with Crippen LogP contribution in [-0.2, 0) is 22.6 Å². The Morgan fingerprint density at radius 1 is 1.33 bits per heavy atom. The van der Waals surface area contributed by atoms with Crippen LogP contribution in [0.4, 0.5) is 0 Å². The summed E-state index contributed by atoms with van der Waals surface area (Å²) in [7, 11) is 0. The zero-order valence-electron chi connectivity index (χ0n) is 13.1. The lowest BCUT2D eigenvalue weighted by Gasteiger charge is -2.09. The maximum Gasteiger partial charge on any atom is 0.325 e. The van der Waals surface area contributed by atoms with E-state index < -0.39 is 0 Å². The first kappa shape index (κ1) is 15.6. The van der Waals surface area contributed by atoms with Gasteiger partial charge in [0.15, 0.2) is 0 Å². The maximum absolute atomic E-state index is 11.6. The first-order chi connectivity index (χ1) is 10.1. The highest BCUT2D eigenvalue weighted by Crippen LogP contribution is 2.20. The van der Waals surface area contributed by atoms with Crippen molar-refractivity contribution in [3.63, 3.8) is 0 Å². The largest absolute Gasteiger partial charge is 0.465 e. The summed E-state index contributed by atoms with van der Waals surface area (Å²) in [5, 5.41) is 4.66. The van der Waals surface area contributed by atoms with Crippen LogP contribution in [0, 0.1) is 5.92 Å². The van der Waals surface area contributed by atoms with Gasteiger partial charge in [0.2, 0.25) is 0 Å². The van der Waals surface area contributed by atoms with E-state index >= 15 is 0 Å². The van der Waals surface area contributed by atoms with E-state index in [-0.39, 0.29) is 12.5 Å². The van der Waals surface area contributed by atoms with Crippen LogP contribution in [0.3, 0.4) is 0 Å². The van der Waals surface area contributed by atoms with Gasteiger partial charge in [-0.3, -0.25) is 4.79 Å². The third-order valence-corrected chi connectivity index (χ3v) is 3.38. The molecule has 0 bridgehead atoms. The minimum absolute atomic E-state index is 0.196. The Labute approximate surface area is 126 Å². The Morgan fingerprint density at radius 3 is 2.86 bits per heavy atom. The van der Waals surface area contributed by atoms with Crippen molar-refractivity contribution in [1.29, 1.82) is 0 Å². The molecular formula is C17H24N2O2. The van der Waals surface area contributed by atoms with Crippen molar-refractivity contribution in [2.45, 2.75) is 33.9 Å². The average Bonchev–Trinajstić information content (AvgIpc) is 2.83. The first-order valence-electron chi connectivity index (χ1n) is 7.55. The number of nitrogens with zero attached hydrogens (tertiary/aromatic N) is 1. The first-order valence-corrected chi connectivity index (χ1v) is 7.55. The molecule has 0 amide bonds. The number of aromatic nitrogens is 1. The molecule has 0 aliphatic rings. The number of rotatable bonds is 7. The summed E-state index contributed by atoms with van der Waals surface area (Å²) in [5.41, 5.74) is 2.34. The molecule has 1 N–H and O–H groups in total. The summed E-state index contributed by atoms with van der Waals surface area (Å²) in [6.45, 7) is 8.75. The Morgan fingerprint density at radius 2 is 2.14 bits per heavy atom. The molecule has 2 aromatic rings. The number of esters is 1. The molecule has 4 heteroatoms. The SMILES string of the molecule is CCOC(=O)Cn1ccc2c(CNCC(C)C)cccc21. The molecule has 0 spiro atoms. The molecule has 1 heterocycles. The summed E-state index contributed by atoms with van der Waals surface area (Å²) in [6, 6.07) is 8.28. The van der Waals surface area contributed by atoms with E-state index in [1.807, 2.05) is 29.8 Å². The second-order valence-corrected chi connectivity index (χ2v) is 5.62. The van der Waals surface area contributed by atoms with E-state index in [1.54, 1.807) is 0 Å². The van der Waals surface area contributed by atoms with Crippen molar-refractivity contribution in [1.82, 2.24) is 9.88 Å². The van der Waals surface area contributed by atoms with Crippen LogP contribution in [0.1, 0.15) is 26.3 Å². The molecule has 1 aromatic heterocycles. The van der Waals surface area contributed by atoms with Crippen LogP contribution in [0.15, 0.2) is 30.5 Å². The van der Waals surface area contributed by atoms with Gasteiger partial charge in [-0.05, 0) is 37.1 Å². The van der Waals surface area contributed by atoms with Crippen molar-refractivity contribution in [3.8, 4) is 0 Å².